The first kappa shape index (κ1) is 26.6. The van der Waals surface area contributed by atoms with E-state index in [2.05, 4.69) is 6.92 Å². The topological polar surface area (TPSA) is 95.7 Å². The third kappa shape index (κ3) is 9.07. The van der Waals surface area contributed by atoms with Gasteiger partial charge in [0.1, 0.15) is 6.10 Å². The smallest absolute Gasteiger partial charge is 0.309 e. The van der Waals surface area contributed by atoms with E-state index >= 15 is 0 Å². The number of hydrogen-bond donors (Lipinski definition) is 0. The van der Waals surface area contributed by atoms with Gasteiger partial charge in [-0.3, -0.25) is 19.7 Å². The van der Waals surface area contributed by atoms with E-state index in [1.807, 2.05) is 6.92 Å². The molecule has 2 saturated carbocycles. The quantitative estimate of drug-likeness (QED) is 0.150. The first-order chi connectivity index (χ1) is 15.4. The van der Waals surface area contributed by atoms with Crippen molar-refractivity contribution in [2.24, 2.45) is 17.8 Å². The van der Waals surface area contributed by atoms with E-state index in [0.717, 1.165) is 12.8 Å². The summed E-state index contributed by atoms with van der Waals surface area (Å²) >= 11 is 0. The van der Waals surface area contributed by atoms with Gasteiger partial charge in [-0.25, -0.2) is 0 Å². The molecule has 7 nitrogen and oxygen atoms in total. The molecule has 0 N–H and O–H groups in total. The molecule has 32 heavy (non-hydrogen) atoms. The van der Waals surface area contributed by atoms with Gasteiger partial charge in [0.15, 0.2) is 0 Å². The van der Waals surface area contributed by atoms with Gasteiger partial charge >= 0.3 is 11.9 Å². The normalized spacial score (nSPS) is 28.1. The van der Waals surface area contributed by atoms with Crippen LogP contribution in [0.4, 0.5) is 0 Å². The highest BCUT2D eigenvalue weighted by Gasteiger charge is 2.40. The summed E-state index contributed by atoms with van der Waals surface area (Å²) in [5, 5.41) is 11.2. The van der Waals surface area contributed by atoms with Crippen molar-refractivity contribution >= 4 is 11.9 Å². The van der Waals surface area contributed by atoms with Gasteiger partial charge in [-0.05, 0) is 44.9 Å². The molecule has 0 aromatic rings. The summed E-state index contributed by atoms with van der Waals surface area (Å²) in [5.41, 5.74) is 0. The number of nitro groups is 1. The number of unbranched alkanes of at least 4 members (excludes halogenated alkanes) is 7. The molecule has 0 bridgehead atoms. The Hall–Kier alpha value is -1.66. The molecule has 2 rings (SSSR count). The number of rotatable bonds is 13. The van der Waals surface area contributed by atoms with E-state index < -0.39 is 6.04 Å². The molecule has 0 heterocycles. The molecule has 7 heteroatoms. The van der Waals surface area contributed by atoms with Gasteiger partial charge in [-0.15, -0.1) is 0 Å². The molecule has 0 saturated heterocycles. The molecule has 0 aliphatic heterocycles. The first-order valence-electron chi connectivity index (χ1n) is 12.9. The van der Waals surface area contributed by atoms with Gasteiger partial charge in [0.2, 0.25) is 6.04 Å². The van der Waals surface area contributed by atoms with Crippen LogP contribution in [0.2, 0.25) is 0 Å². The van der Waals surface area contributed by atoms with Crippen LogP contribution in [-0.2, 0) is 19.1 Å². The van der Waals surface area contributed by atoms with Crippen LogP contribution in [0, 0.1) is 27.9 Å². The molecule has 0 aromatic carbocycles. The van der Waals surface area contributed by atoms with E-state index in [1.54, 1.807) is 0 Å². The van der Waals surface area contributed by atoms with Gasteiger partial charge < -0.3 is 9.47 Å². The number of carbonyl (C=O) groups is 2. The fraction of sp³-hybridized carbons (Fsp3) is 0.920. The van der Waals surface area contributed by atoms with Crippen molar-refractivity contribution in [1.82, 2.24) is 0 Å². The molecule has 0 radical (unpaired) electrons. The number of esters is 2. The van der Waals surface area contributed by atoms with Crippen molar-refractivity contribution in [1.29, 1.82) is 0 Å². The second kappa shape index (κ2) is 14.5. The molecular weight excluding hydrogens is 410 g/mol. The van der Waals surface area contributed by atoms with Crippen molar-refractivity contribution in [3.05, 3.63) is 10.1 Å². The minimum Gasteiger partial charge on any atom is -0.465 e. The van der Waals surface area contributed by atoms with E-state index in [4.69, 9.17) is 9.47 Å². The lowest BCUT2D eigenvalue weighted by Crippen LogP contribution is -2.38. The average Bonchev–Trinajstić information content (AvgIpc) is 2.78. The van der Waals surface area contributed by atoms with E-state index in [1.165, 1.54) is 38.5 Å². The Labute approximate surface area is 193 Å². The van der Waals surface area contributed by atoms with Crippen LogP contribution >= 0.6 is 0 Å². The molecule has 0 spiro atoms. The summed E-state index contributed by atoms with van der Waals surface area (Å²) in [6, 6.07) is -0.659. The Morgan fingerprint density at radius 1 is 0.844 bits per heavy atom. The largest absolute Gasteiger partial charge is 0.465 e. The third-order valence-electron chi connectivity index (χ3n) is 7.29. The molecule has 2 fully saturated rings. The Morgan fingerprint density at radius 2 is 1.44 bits per heavy atom. The van der Waals surface area contributed by atoms with Crippen LogP contribution in [0.3, 0.4) is 0 Å². The van der Waals surface area contributed by atoms with Crippen LogP contribution in [0.5, 0.6) is 0 Å². The van der Waals surface area contributed by atoms with Gasteiger partial charge in [0, 0.05) is 17.3 Å². The summed E-state index contributed by atoms with van der Waals surface area (Å²) in [5.74, 6) is -0.900. The monoisotopic (exact) mass is 453 g/mol. The highest BCUT2D eigenvalue weighted by atomic mass is 16.6. The number of ether oxygens (including phenoxy) is 2. The highest BCUT2D eigenvalue weighted by Crippen LogP contribution is 2.33. The zero-order valence-corrected chi connectivity index (χ0v) is 20.1. The Bertz CT molecular complexity index is 587. The molecule has 3 atom stereocenters. The second-order valence-electron chi connectivity index (χ2n) is 9.89. The van der Waals surface area contributed by atoms with E-state index in [0.29, 0.717) is 45.1 Å². The van der Waals surface area contributed by atoms with Crippen LogP contribution < -0.4 is 0 Å². The predicted molar refractivity (Wildman–Crippen MR) is 123 cm³/mol. The van der Waals surface area contributed by atoms with E-state index in [-0.39, 0.29) is 47.1 Å². The zero-order chi connectivity index (χ0) is 23.3. The summed E-state index contributed by atoms with van der Waals surface area (Å²) in [4.78, 5) is 35.8. The summed E-state index contributed by atoms with van der Waals surface area (Å²) < 4.78 is 11.1. The molecule has 0 aromatic heterocycles. The SMILES string of the molecule is CCCCCCCCCCOC(=O)C1CCC(OC(=O)C2CCC(C)C([N+](=O)[O-])C2)CC1. The summed E-state index contributed by atoms with van der Waals surface area (Å²) in [6.45, 7) is 4.60. The summed E-state index contributed by atoms with van der Waals surface area (Å²) in [7, 11) is 0. The van der Waals surface area contributed by atoms with Crippen LogP contribution in [0.15, 0.2) is 0 Å². The van der Waals surface area contributed by atoms with Crippen molar-refractivity contribution in [2.45, 2.75) is 122 Å². The minimum absolute atomic E-state index is 0.00120. The Kier molecular flexibility index (Phi) is 12.0. The van der Waals surface area contributed by atoms with E-state index in [9.17, 15) is 19.7 Å². The Balaban J connectivity index is 1.57. The fourth-order valence-corrected chi connectivity index (χ4v) is 5.01. The summed E-state index contributed by atoms with van der Waals surface area (Å²) in [6.07, 6.45) is 13.8. The lowest BCUT2D eigenvalue weighted by molar-refractivity contribution is -0.536. The van der Waals surface area contributed by atoms with Crippen molar-refractivity contribution in [3.63, 3.8) is 0 Å². The predicted octanol–water partition coefficient (Wildman–Crippen LogP) is 5.85. The lowest BCUT2D eigenvalue weighted by Gasteiger charge is -2.31. The average molecular weight is 454 g/mol. The van der Waals surface area contributed by atoms with Gasteiger partial charge in [-0.1, -0.05) is 58.8 Å². The molecule has 3 unspecified atom stereocenters. The fourth-order valence-electron chi connectivity index (χ4n) is 5.01. The van der Waals surface area contributed by atoms with Crippen LogP contribution in [0.25, 0.3) is 0 Å². The standard InChI is InChI=1S/C25H43NO6/c1-3-4-5-6-7-8-9-10-17-31-24(27)20-13-15-22(16-14-20)32-25(28)21-12-11-19(2)23(18-21)26(29)30/h19-23H,3-18H2,1-2H3. The van der Waals surface area contributed by atoms with Crippen LogP contribution in [0.1, 0.15) is 110 Å². The maximum Gasteiger partial charge on any atom is 0.309 e. The van der Waals surface area contributed by atoms with Crippen molar-refractivity contribution in [2.75, 3.05) is 6.61 Å². The van der Waals surface area contributed by atoms with Gasteiger partial charge in [-0.2, -0.15) is 0 Å². The highest BCUT2D eigenvalue weighted by molar-refractivity contribution is 5.73. The molecule has 2 aliphatic rings. The second-order valence-corrected chi connectivity index (χ2v) is 9.89. The zero-order valence-electron chi connectivity index (χ0n) is 20.1. The van der Waals surface area contributed by atoms with Gasteiger partial charge in [0.25, 0.3) is 0 Å². The maximum absolute atomic E-state index is 12.5. The first-order valence-corrected chi connectivity index (χ1v) is 12.9. The third-order valence-corrected chi connectivity index (χ3v) is 7.29. The van der Waals surface area contributed by atoms with Crippen molar-refractivity contribution < 1.29 is 24.0 Å². The number of carbonyl (C=O) groups excluding carboxylic acids is 2. The molecule has 0 amide bonds. The van der Waals surface area contributed by atoms with Gasteiger partial charge in [0.05, 0.1) is 18.4 Å². The number of hydrogen-bond acceptors (Lipinski definition) is 6. The van der Waals surface area contributed by atoms with Crippen LogP contribution in [-0.4, -0.2) is 35.6 Å². The lowest BCUT2D eigenvalue weighted by atomic mass is 9.79. The maximum atomic E-state index is 12.5. The molecule has 2 aliphatic carbocycles. The molecular formula is C25H43NO6. The molecule has 184 valence electrons. The number of nitrogens with zero attached hydrogens (tertiary/aromatic N) is 1. The Morgan fingerprint density at radius 3 is 2.06 bits per heavy atom. The minimum atomic E-state index is -0.659. The van der Waals surface area contributed by atoms with Crippen molar-refractivity contribution in [3.8, 4) is 0 Å².